The van der Waals surface area contributed by atoms with Crippen LogP contribution < -0.4 is 5.32 Å². The van der Waals surface area contributed by atoms with Crippen molar-refractivity contribution in [1.82, 2.24) is 0 Å². The second-order valence-corrected chi connectivity index (χ2v) is 7.38. The number of ether oxygens (including phenoxy) is 2. The van der Waals surface area contributed by atoms with Gasteiger partial charge in [0.2, 0.25) is 0 Å². The highest BCUT2D eigenvalue weighted by Crippen LogP contribution is 2.27. The number of esters is 2. The molecule has 0 spiro atoms. The van der Waals surface area contributed by atoms with Gasteiger partial charge in [0.25, 0.3) is 0 Å². The summed E-state index contributed by atoms with van der Waals surface area (Å²) in [4.78, 5) is 23.1. The summed E-state index contributed by atoms with van der Waals surface area (Å²) in [5.41, 5.74) is 0.103. The quantitative estimate of drug-likeness (QED) is 0.569. The van der Waals surface area contributed by atoms with Crippen LogP contribution in [0.1, 0.15) is 6.92 Å². The highest BCUT2D eigenvalue weighted by molar-refractivity contribution is 9.10. The van der Waals surface area contributed by atoms with Gasteiger partial charge in [-0.1, -0.05) is 6.92 Å². The van der Waals surface area contributed by atoms with Crippen molar-refractivity contribution in [2.24, 2.45) is 0 Å². The molecule has 0 bridgehead atoms. The molecule has 0 aromatic heterocycles. The van der Waals surface area contributed by atoms with Crippen LogP contribution in [0, 0.1) is 0 Å². The number of carbonyl (C=O) groups excluding carboxylic acids is 2. The molecule has 23 heavy (non-hydrogen) atoms. The predicted molar refractivity (Wildman–Crippen MR) is 87.6 cm³/mol. The zero-order valence-corrected chi connectivity index (χ0v) is 15.2. The topological polar surface area (TPSA) is 98.8 Å². The van der Waals surface area contributed by atoms with E-state index in [1.807, 2.05) is 0 Å². The van der Waals surface area contributed by atoms with E-state index in [9.17, 15) is 18.0 Å². The van der Waals surface area contributed by atoms with Crippen molar-refractivity contribution >= 4 is 43.4 Å². The van der Waals surface area contributed by atoms with Gasteiger partial charge >= 0.3 is 11.9 Å². The summed E-state index contributed by atoms with van der Waals surface area (Å²) in [6, 6.07) is 4.32. The number of nitrogens with one attached hydrogen (secondary N) is 1. The van der Waals surface area contributed by atoms with Gasteiger partial charge in [-0.25, -0.2) is 18.0 Å². The van der Waals surface area contributed by atoms with Gasteiger partial charge in [0, 0.05) is 4.47 Å². The molecule has 1 aromatic rings. The minimum atomic E-state index is -3.41. The fourth-order valence-electron chi connectivity index (χ4n) is 1.54. The summed E-state index contributed by atoms with van der Waals surface area (Å²) < 4.78 is 33.4. The molecule has 0 saturated heterocycles. The standard InChI is InChI=1S/C14H16BrNO6S/c1-4-23(19,20)9-5-6-10(15)11(7-9)16-12(14(18)22-3)8-13(17)21-2/h5-8,16H,4H2,1-3H3/b12-8+. The Labute approximate surface area is 142 Å². The van der Waals surface area contributed by atoms with Crippen molar-refractivity contribution in [3.63, 3.8) is 0 Å². The summed E-state index contributed by atoms with van der Waals surface area (Å²) in [6.07, 6.45) is 0.916. The lowest BCUT2D eigenvalue weighted by atomic mass is 10.3. The predicted octanol–water partition coefficient (Wildman–Crippen LogP) is 1.88. The van der Waals surface area contributed by atoms with Gasteiger partial charge in [0.15, 0.2) is 9.84 Å². The highest BCUT2D eigenvalue weighted by Gasteiger charge is 2.17. The molecule has 0 radical (unpaired) electrons. The van der Waals surface area contributed by atoms with Crippen LogP contribution in [0.4, 0.5) is 5.69 Å². The van der Waals surface area contributed by atoms with Crippen LogP contribution in [-0.2, 0) is 28.9 Å². The van der Waals surface area contributed by atoms with Crippen LogP contribution in [0.25, 0.3) is 0 Å². The van der Waals surface area contributed by atoms with Crippen LogP contribution in [0.2, 0.25) is 0 Å². The number of rotatable bonds is 6. The average Bonchev–Trinajstić information content (AvgIpc) is 2.54. The molecule has 9 heteroatoms. The van der Waals surface area contributed by atoms with Crippen LogP contribution in [0.3, 0.4) is 0 Å². The van der Waals surface area contributed by atoms with Gasteiger partial charge in [-0.05, 0) is 34.1 Å². The summed E-state index contributed by atoms with van der Waals surface area (Å²) in [5, 5.41) is 2.67. The monoisotopic (exact) mass is 405 g/mol. The van der Waals surface area contributed by atoms with E-state index >= 15 is 0 Å². The van der Waals surface area contributed by atoms with Gasteiger partial charge in [-0.15, -0.1) is 0 Å². The van der Waals surface area contributed by atoms with Crippen molar-refractivity contribution in [2.45, 2.75) is 11.8 Å². The molecule has 0 heterocycles. The molecule has 0 saturated carbocycles. The van der Waals surface area contributed by atoms with E-state index in [0.29, 0.717) is 10.2 Å². The third kappa shape index (κ3) is 5.07. The number of anilines is 1. The van der Waals surface area contributed by atoms with Crippen LogP contribution in [-0.4, -0.2) is 40.3 Å². The van der Waals surface area contributed by atoms with Gasteiger partial charge in [0.05, 0.1) is 36.6 Å². The Morgan fingerprint density at radius 3 is 2.43 bits per heavy atom. The van der Waals surface area contributed by atoms with Crippen molar-refractivity contribution in [2.75, 3.05) is 25.3 Å². The lowest BCUT2D eigenvalue weighted by Gasteiger charge is -2.12. The number of hydrogen-bond acceptors (Lipinski definition) is 7. The van der Waals surface area contributed by atoms with Crippen LogP contribution >= 0.6 is 15.9 Å². The van der Waals surface area contributed by atoms with Crippen molar-refractivity contribution in [3.05, 3.63) is 34.4 Å². The second-order valence-electron chi connectivity index (χ2n) is 4.24. The van der Waals surface area contributed by atoms with E-state index in [0.717, 1.165) is 20.3 Å². The maximum atomic E-state index is 11.9. The molecule has 1 N–H and O–H groups in total. The molecular formula is C14H16BrNO6S. The smallest absolute Gasteiger partial charge is 0.354 e. The minimum absolute atomic E-state index is 0.0596. The van der Waals surface area contributed by atoms with Crippen molar-refractivity contribution in [3.8, 4) is 0 Å². The molecular weight excluding hydrogens is 390 g/mol. The van der Waals surface area contributed by atoms with Gasteiger partial charge in [-0.2, -0.15) is 0 Å². The fourth-order valence-corrected chi connectivity index (χ4v) is 2.79. The molecule has 1 rings (SSSR count). The SMILES string of the molecule is CCS(=O)(=O)c1ccc(Br)c(N/C(=C/C(=O)OC)C(=O)OC)c1. The summed E-state index contributed by atoms with van der Waals surface area (Å²) >= 11 is 3.25. The van der Waals surface area contributed by atoms with Crippen LogP contribution in [0.5, 0.6) is 0 Å². The van der Waals surface area contributed by atoms with E-state index in [1.54, 1.807) is 0 Å². The third-order valence-corrected chi connectivity index (χ3v) is 5.24. The summed E-state index contributed by atoms with van der Waals surface area (Å²) in [5.74, 6) is -1.62. The number of sulfone groups is 1. The van der Waals surface area contributed by atoms with Crippen LogP contribution in [0.15, 0.2) is 39.3 Å². The average molecular weight is 406 g/mol. The first kappa shape index (κ1) is 19.2. The molecule has 1 aromatic carbocycles. The van der Waals surface area contributed by atoms with E-state index in [1.165, 1.54) is 25.1 Å². The third-order valence-electron chi connectivity index (χ3n) is 2.82. The van der Waals surface area contributed by atoms with E-state index in [4.69, 9.17) is 0 Å². The maximum Gasteiger partial charge on any atom is 0.354 e. The molecule has 7 nitrogen and oxygen atoms in total. The number of halogens is 1. The molecule has 0 amide bonds. The molecule has 0 aliphatic carbocycles. The summed E-state index contributed by atoms with van der Waals surface area (Å²) in [6.45, 7) is 1.53. The lowest BCUT2D eigenvalue weighted by Crippen LogP contribution is -2.16. The van der Waals surface area contributed by atoms with Gasteiger partial charge < -0.3 is 14.8 Å². The highest BCUT2D eigenvalue weighted by atomic mass is 79.9. The Morgan fingerprint density at radius 2 is 1.91 bits per heavy atom. The molecule has 126 valence electrons. The number of benzene rings is 1. The number of methoxy groups -OCH3 is 2. The van der Waals surface area contributed by atoms with E-state index in [-0.39, 0.29) is 16.3 Å². The first-order valence-corrected chi connectivity index (χ1v) is 8.87. The largest absolute Gasteiger partial charge is 0.466 e. The van der Waals surface area contributed by atoms with Crippen molar-refractivity contribution < 1.29 is 27.5 Å². The molecule has 0 atom stereocenters. The zero-order chi connectivity index (χ0) is 17.6. The summed E-state index contributed by atoms with van der Waals surface area (Å²) in [7, 11) is -1.10. The van der Waals surface area contributed by atoms with Gasteiger partial charge in [0.1, 0.15) is 5.70 Å². The van der Waals surface area contributed by atoms with E-state index in [2.05, 4.69) is 30.7 Å². The fraction of sp³-hybridized carbons (Fsp3) is 0.286. The zero-order valence-electron chi connectivity index (χ0n) is 12.8. The second kappa shape index (κ2) is 8.11. The molecule has 0 unspecified atom stereocenters. The number of carbonyl (C=O) groups is 2. The maximum absolute atomic E-state index is 11.9. The van der Waals surface area contributed by atoms with Crippen molar-refractivity contribution in [1.29, 1.82) is 0 Å². The van der Waals surface area contributed by atoms with Gasteiger partial charge in [-0.3, -0.25) is 0 Å². The minimum Gasteiger partial charge on any atom is -0.466 e. The molecule has 0 aliphatic heterocycles. The first-order chi connectivity index (χ1) is 10.7. The normalized spacial score (nSPS) is 11.7. The molecule has 0 aliphatic rings. The first-order valence-electron chi connectivity index (χ1n) is 6.42. The number of hydrogen-bond donors (Lipinski definition) is 1. The Morgan fingerprint density at radius 1 is 1.26 bits per heavy atom. The Bertz CT molecular complexity index is 742. The Hall–Kier alpha value is -1.87. The Kier molecular flexibility index (Phi) is 6.77. The Balaban J connectivity index is 3.28. The van der Waals surface area contributed by atoms with E-state index < -0.39 is 21.8 Å². The molecule has 0 fully saturated rings. The lowest BCUT2D eigenvalue weighted by molar-refractivity contribution is -0.138.